The molecule has 0 aromatic heterocycles. The van der Waals surface area contributed by atoms with Gasteiger partial charge >= 0.3 is 0 Å². The summed E-state index contributed by atoms with van der Waals surface area (Å²) in [7, 11) is 0. The Balaban J connectivity index is 1.86. The van der Waals surface area contributed by atoms with Crippen molar-refractivity contribution in [2.45, 2.75) is 0 Å². The maximum Gasteiger partial charge on any atom is 0.186 e. The monoisotopic (exact) mass is 360 g/mol. The Kier molecular flexibility index (Phi) is 5.27. The lowest BCUT2D eigenvalue weighted by Gasteiger charge is -2.16. The van der Waals surface area contributed by atoms with Gasteiger partial charge in [-0.3, -0.25) is 4.79 Å². The summed E-state index contributed by atoms with van der Waals surface area (Å²) in [4.78, 5) is 12.7. The smallest absolute Gasteiger partial charge is 0.186 e. The van der Waals surface area contributed by atoms with E-state index >= 15 is 0 Å². The highest BCUT2D eigenvalue weighted by Gasteiger charge is 2.20. The molecule has 0 aliphatic carbocycles. The van der Waals surface area contributed by atoms with Crippen LogP contribution in [0.15, 0.2) is 59.7 Å². The third-order valence-electron chi connectivity index (χ3n) is 3.52. The number of Topliss-reactive ketones (excluding diaryl/α,β-unsaturated/α-hetero) is 1. The molecule has 23 heavy (non-hydrogen) atoms. The lowest BCUT2D eigenvalue weighted by molar-refractivity contribution is -0.112. The van der Waals surface area contributed by atoms with Crippen LogP contribution in [0.25, 0.3) is 12.2 Å². The third kappa shape index (κ3) is 4.29. The van der Waals surface area contributed by atoms with E-state index in [2.05, 4.69) is 0 Å². The third-order valence-corrected chi connectivity index (χ3v) is 5.05. The van der Waals surface area contributed by atoms with Crippen molar-refractivity contribution >= 4 is 52.9 Å². The maximum atomic E-state index is 12.7. The second-order valence-corrected chi connectivity index (χ2v) is 7.12. The highest BCUT2D eigenvalue weighted by molar-refractivity contribution is 7.99. The van der Waals surface area contributed by atoms with Crippen LogP contribution in [0.4, 0.5) is 0 Å². The average molecular weight is 361 g/mol. The van der Waals surface area contributed by atoms with Crippen LogP contribution in [-0.4, -0.2) is 17.3 Å². The number of halogens is 2. The summed E-state index contributed by atoms with van der Waals surface area (Å²) in [5, 5.41) is 1.39. The lowest BCUT2D eigenvalue weighted by Crippen LogP contribution is -2.16. The van der Waals surface area contributed by atoms with E-state index in [1.165, 1.54) is 0 Å². The molecular weight excluding hydrogens is 347 g/mol. The molecule has 1 saturated heterocycles. The molecule has 2 aromatic rings. The predicted octanol–water partition coefficient (Wildman–Crippen LogP) is 5.78. The summed E-state index contributed by atoms with van der Waals surface area (Å²) in [5.41, 5.74) is 3.63. The second kappa shape index (κ2) is 7.39. The normalized spacial score (nSPS) is 18.6. The fourth-order valence-electron chi connectivity index (χ4n) is 2.34. The number of thioether (sulfide) groups is 1. The van der Waals surface area contributed by atoms with Gasteiger partial charge in [-0.15, -0.1) is 0 Å². The minimum absolute atomic E-state index is 0.119. The summed E-state index contributed by atoms with van der Waals surface area (Å²) < 4.78 is 0. The van der Waals surface area contributed by atoms with E-state index in [9.17, 15) is 4.79 Å². The highest BCUT2D eigenvalue weighted by atomic mass is 35.5. The van der Waals surface area contributed by atoms with Crippen LogP contribution in [0, 0.1) is 0 Å². The molecule has 0 atom stereocenters. The van der Waals surface area contributed by atoms with Gasteiger partial charge in [0.15, 0.2) is 5.78 Å². The topological polar surface area (TPSA) is 17.1 Å². The zero-order valence-corrected chi connectivity index (χ0v) is 14.6. The fraction of sp³-hybridized carbons (Fsp3) is 0.105. The van der Waals surface area contributed by atoms with Gasteiger partial charge < -0.3 is 0 Å². The Morgan fingerprint density at radius 2 is 1.13 bits per heavy atom. The van der Waals surface area contributed by atoms with Crippen molar-refractivity contribution in [3.8, 4) is 0 Å². The molecule has 1 heterocycles. The molecule has 1 aliphatic rings. The van der Waals surface area contributed by atoms with Gasteiger partial charge in [0, 0.05) is 32.7 Å². The van der Waals surface area contributed by atoms with E-state index < -0.39 is 0 Å². The Hall–Kier alpha value is -1.48. The number of rotatable bonds is 2. The van der Waals surface area contributed by atoms with Gasteiger partial charge in [0.05, 0.1) is 0 Å². The number of hydrogen-bond acceptors (Lipinski definition) is 2. The van der Waals surface area contributed by atoms with Crippen molar-refractivity contribution in [2.75, 3.05) is 11.5 Å². The minimum atomic E-state index is 0.119. The second-order valence-electron chi connectivity index (χ2n) is 5.26. The molecule has 0 amide bonds. The predicted molar refractivity (Wildman–Crippen MR) is 101 cm³/mol. The molecule has 1 aliphatic heterocycles. The van der Waals surface area contributed by atoms with Crippen LogP contribution < -0.4 is 0 Å². The molecule has 1 nitrogen and oxygen atoms in total. The SMILES string of the molecule is O=C1/C(=C\c2ccc(Cl)cc2)CSC/C1=C/c1ccc(Cl)cc1. The molecule has 0 N–H and O–H groups in total. The molecule has 1 fully saturated rings. The molecule has 0 unspecified atom stereocenters. The first kappa shape index (κ1) is 16.4. The summed E-state index contributed by atoms with van der Waals surface area (Å²) in [5.74, 6) is 1.59. The quantitative estimate of drug-likeness (QED) is 0.631. The number of carbonyl (C=O) groups excluding carboxylic acids is 1. The van der Waals surface area contributed by atoms with E-state index in [0.717, 1.165) is 33.8 Å². The summed E-state index contributed by atoms with van der Waals surface area (Å²) >= 11 is 13.5. The zero-order valence-electron chi connectivity index (χ0n) is 12.3. The van der Waals surface area contributed by atoms with Crippen LogP contribution in [0.5, 0.6) is 0 Å². The average Bonchev–Trinajstić information content (AvgIpc) is 2.55. The van der Waals surface area contributed by atoms with E-state index in [0.29, 0.717) is 10.0 Å². The van der Waals surface area contributed by atoms with Gasteiger partial charge in [-0.05, 0) is 47.5 Å². The van der Waals surface area contributed by atoms with Crippen molar-refractivity contribution in [2.24, 2.45) is 0 Å². The Bertz CT molecular complexity index is 709. The summed E-state index contributed by atoms with van der Waals surface area (Å²) in [6, 6.07) is 15.0. The number of hydrogen-bond donors (Lipinski definition) is 0. The first-order chi connectivity index (χ1) is 11.1. The van der Waals surface area contributed by atoms with Gasteiger partial charge in [-0.25, -0.2) is 0 Å². The van der Waals surface area contributed by atoms with Crippen molar-refractivity contribution in [3.05, 3.63) is 80.8 Å². The van der Waals surface area contributed by atoms with Gasteiger partial charge in [-0.1, -0.05) is 47.5 Å². The maximum absolute atomic E-state index is 12.7. The molecule has 3 rings (SSSR count). The molecule has 0 radical (unpaired) electrons. The number of benzene rings is 2. The van der Waals surface area contributed by atoms with Crippen molar-refractivity contribution in [1.29, 1.82) is 0 Å². The number of carbonyl (C=O) groups is 1. The Labute approximate surface area is 150 Å². The van der Waals surface area contributed by atoms with Gasteiger partial charge in [-0.2, -0.15) is 11.8 Å². The van der Waals surface area contributed by atoms with Crippen molar-refractivity contribution in [1.82, 2.24) is 0 Å². The van der Waals surface area contributed by atoms with Crippen LogP contribution in [0.3, 0.4) is 0 Å². The molecule has 0 bridgehead atoms. The van der Waals surface area contributed by atoms with Gasteiger partial charge in [0.1, 0.15) is 0 Å². The first-order valence-electron chi connectivity index (χ1n) is 7.16. The standard InChI is InChI=1S/C19H14Cl2OS/c20-17-5-1-13(2-6-17)9-15-11-23-12-16(19(15)22)10-14-3-7-18(21)8-4-14/h1-10H,11-12H2/b15-9-,16-10-. The molecule has 4 heteroatoms. The van der Waals surface area contributed by atoms with E-state index in [-0.39, 0.29) is 5.78 Å². The van der Waals surface area contributed by atoms with Crippen LogP contribution >= 0.6 is 35.0 Å². The molecule has 116 valence electrons. The minimum Gasteiger partial charge on any atom is -0.289 e. The van der Waals surface area contributed by atoms with Crippen molar-refractivity contribution in [3.63, 3.8) is 0 Å². The van der Waals surface area contributed by atoms with E-state index in [1.807, 2.05) is 60.7 Å². The first-order valence-corrected chi connectivity index (χ1v) is 9.07. The van der Waals surface area contributed by atoms with Gasteiger partial charge in [0.2, 0.25) is 0 Å². The molecule has 0 saturated carbocycles. The molecule has 0 spiro atoms. The molecular formula is C19H14Cl2OS. The largest absolute Gasteiger partial charge is 0.289 e. The van der Waals surface area contributed by atoms with Crippen LogP contribution in [-0.2, 0) is 4.79 Å². The zero-order chi connectivity index (χ0) is 16.2. The van der Waals surface area contributed by atoms with E-state index in [4.69, 9.17) is 23.2 Å². The Morgan fingerprint density at radius 3 is 1.52 bits per heavy atom. The fourth-order valence-corrected chi connectivity index (χ4v) is 3.57. The Morgan fingerprint density at radius 1 is 0.739 bits per heavy atom. The number of ketones is 1. The molecule has 2 aromatic carbocycles. The van der Waals surface area contributed by atoms with Crippen molar-refractivity contribution < 1.29 is 4.79 Å². The van der Waals surface area contributed by atoms with Gasteiger partial charge in [0.25, 0.3) is 0 Å². The summed E-state index contributed by atoms with van der Waals surface area (Å²) in [6.07, 6.45) is 3.89. The van der Waals surface area contributed by atoms with Crippen LogP contribution in [0.1, 0.15) is 11.1 Å². The summed E-state index contributed by atoms with van der Waals surface area (Å²) in [6.45, 7) is 0. The van der Waals surface area contributed by atoms with E-state index in [1.54, 1.807) is 11.8 Å². The highest BCUT2D eigenvalue weighted by Crippen LogP contribution is 2.27. The van der Waals surface area contributed by atoms with Crippen LogP contribution in [0.2, 0.25) is 10.0 Å². The lowest BCUT2D eigenvalue weighted by atomic mass is 10.0.